The molecule has 2 aliphatic rings. The summed E-state index contributed by atoms with van der Waals surface area (Å²) in [5, 5.41) is 0. The van der Waals surface area contributed by atoms with Crippen LogP contribution in [0.5, 0.6) is 0 Å². The number of morpholine rings is 1. The van der Waals surface area contributed by atoms with E-state index in [1.807, 2.05) is 39.9 Å². The Kier molecular flexibility index (Phi) is 6.57. The highest BCUT2D eigenvalue weighted by Crippen LogP contribution is 2.20. The van der Waals surface area contributed by atoms with Gasteiger partial charge in [-0.1, -0.05) is 6.07 Å². The molecule has 7 heteroatoms. The normalized spacial score (nSPS) is 21.1. The molecule has 0 radical (unpaired) electrons. The van der Waals surface area contributed by atoms with Gasteiger partial charge in [0.2, 0.25) is 11.8 Å². The molecule has 1 aromatic heterocycles. The van der Waals surface area contributed by atoms with Crippen LogP contribution in [0.4, 0.5) is 0 Å². The monoisotopic (exact) mass is 360 g/mol. The summed E-state index contributed by atoms with van der Waals surface area (Å²) in [6.07, 6.45) is 3.51. The number of rotatable bonds is 5. The fourth-order valence-electron chi connectivity index (χ4n) is 3.60. The quantitative estimate of drug-likeness (QED) is 0.770. The maximum atomic E-state index is 12.7. The largest absolute Gasteiger partial charge is 0.378 e. The average molecular weight is 360 g/mol. The molecule has 2 aliphatic heterocycles. The van der Waals surface area contributed by atoms with Crippen LogP contribution < -0.4 is 0 Å². The summed E-state index contributed by atoms with van der Waals surface area (Å²) in [4.78, 5) is 35.4. The summed E-state index contributed by atoms with van der Waals surface area (Å²) in [7, 11) is 1.92. The topological polar surface area (TPSA) is 66.0 Å². The minimum absolute atomic E-state index is 0.0769. The second kappa shape index (κ2) is 9.09. The molecule has 0 aromatic carbocycles. The molecular weight excluding hydrogens is 332 g/mol. The maximum absolute atomic E-state index is 12.7. The van der Waals surface area contributed by atoms with E-state index < -0.39 is 0 Å². The molecule has 0 unspecified atom stereocenters. The summed E-state index contributed by atoms with van der Waals surface area (Å²) in [6.45, 7) is 4.80. The Balaban J connectivity index is 1.50. The zero-order valence-electron chi connectivity index (χ0n) is 15.5. The fourth-order valence-corrected chi connectivity index (χ4v) is 3.60. The van der Waals surface area contributed by atoms with Gasteiger partial charge in [0.25, 0.3) is 0 Å². The highest BCUT2D eigenvalue weighted by molar-refractivity contribution is 5.82. The highest BCUT2D eigenvalue weighted by atomic mass is 16.5. The number of carbonyl (C=O) groups excluding carboxylic acids is 2. The predicted octanol–water partition coefficient (Wildman–Crippen LogP) is 0.611. The first-order valence-corrected chi connectivity index (χ1v) is 9.36. The van der Waals surface area contributed by atoms with Gasteiger partial charge in [0, 0.05) is 38.9 Å². The van der Waals surface area contributed by atoms with Crippen molar-refractivity contribution in [2.75, 3.05) is 53.0 Å². The van der Waals surface area contributed by atoms with Crippen molar-refractivity contribution in [2.24, 2.45) is 5.92 Å². The standard InChI is InChI=1S/C19H28N4O3/c1-21(14-17-6-2-3-7-20-17)15-18(24)23-8-4-5-16(13-23)19(25)22-9-11-26-12-10-22/h2-3,6-7,16H,4-5,8-15H2,1H3/t16-/m1/s1. The van der Waals surface area contributed by atoms with Crippen molar-refractivity contribution in [3.05, 3.63) is 30.1 Å². The van der Waals surface area contributed by atoms with E-state index in [9.17, 15) is 9.59 Å². The fraction of sp³-hybridized carbons (Fsp3) is 0.632. The number of likely N-dealkylation sites (N-methyl/N-ethyl adjacent to an activating group) is 1. The molecule has 0 N–H and O–H groups in total. The summed E-state index contributed by atoms with van der Waals surface area (Å²) < 4.78 is 5.32. The van der Waals surface area contributed by atoms with E-state index in [1.54, 1.807) is 6.20 Å². The number of piperidine rings is 1. The summed E-state index contributed by atoms with van der Waals surface area (Å²) in [6, 6.07) is 5.79. The van der Waals surface area contributed by atoms with Crippen molar-refractivity contribution in [1.82, 2.24) is 19.7 Å². The molecule has 3 heterocycles. The lowest BCUT2D eigenvalue weighted by Crippen LogP contribution is -2.50. The van der Waals surface area contributed by atoms with Crippen LogP contribution in [0.1, 0.15) is 18.5 Å². The Bertz CT molecular complexity index is 604. The van der Waals surface area contributed by atoms with E-state index in [-0.39, 0.29) is 17.7 Å². The van der Waals surface area contributed by atoms with Gasteiger partial charge in [-0.2, -0.15) is 0 Å². The zero-order valence-corrected chi connectivity index (χ0v) is 15.5. The number of hydrogen-bond donors (Lipinski definition) is 0. The molecule has 142 valence electrons. The van der Waals surface area contributed by atoms with Gasteiger partial charge in [0.15, 0.2) is 0 Å². The van der Waals surface area contributed by atoms with Crippen LogP contribution in [0.2, 0.25) is 0 Å². The molecule has 0 bridgehead atoms. The molecule has 7 nitrogen and oxygen atoms in total. The van der Waals surface area contributed by atoms with Crippen molar-refractivity contribution >= 4 is 11.8 Å². The van der Waals surface area contributed by atoms with Gasteiger partial charge in [-0.3, -0.25) is 19.5 Å². The van der Waals surface area contributed by atoms with Gasteiger partial charge in [0.05, 0.1) is 31.4 Å². The minimum Gasteiger partial charge on any atom is -0.378 e. The van der Waals surface area contributed by atoms with Crippen LogP contribution in [-0.2, 0) is 20.9 Å². The summed E-state index contributed by atoms with van der Waals surface area (Å²) in [5.41, 5.74) is 0.946. The molecule has 2 amide bonds. The Hall–Kier alpha value is -1.99. The first-order valence-electron chi connectivity index (χ1n) is 9.36. The number of likely N-dealkylation sites (tertiary alicyclic amines) is 1. The Morgan fingerprint density at radius 2 is 2.04 bits per heavy atom. The molecule has 0 spiro atoms. The molecule has 0 aliphatic carbocycles. The van der Waals surface area contributed by atoms with Crippen molar-refractivity contribution in [1.29, 1.82) is 0 Å². The second-order valence-corrected chi connectivity index (χ2v) is 7.11. The van der Waals surface area contributed by atoms with E-state index in [1.165, 1.54) is 0 Å². The number of ether oxygens (including phenoxy) is 1. The molecule has 1 atom stereocenters. The Labute approximate surface area is 154 Å². The van der Waals surface area contributed by atoms with Crippen LogP contribution in [0, 0.1) is 5.92 Å². The summed E-state index contributed by atoms with van der Waals surface area (Å²) in [5.74, 6) is 0.183. The van der Waals surface area contributed by atoms with Gasteiger partial charge in [-0.05, 0) is 32.0 Å². The smallest absolute Gasteiger partial charge is 0.236 e. The van der Waals surface area contributed by atoms with Crippen LogP contribution in [0.15, 0.2) is 24.4 Å². The third-order valence-electron chi connectivity index (χ3n) is 5.01. The number of pyridine rings is 1. The van der Waals surface area contributed by atoms with E-state index in [0.29, 0.717) is 45.9 Å². The number of nitrogens with zero attached hydrogens (tertiary/aromatic N) is 4. The van der Waals surface area contributed by atoms with Crippen LogP contribution >= 0.6 is 0 Å². The molecule has 0 saturated carbocycles. The van der Waals surface area contributed by atoms with Crippen molar-refractivity contribution in [3.63, 3.8) is 0 Å². The van der Waals surface area contributed by atoms with E-state index in [2.05, 4.69) is 4.98 Å². The minimum atomic E-state index is -0.0769. The van der Waals surface area contributed by atoms with Gasteiger partial charge in [-0.15, -0.1) is 0 Å². The van der Waals surface area contributed by atoms with Crippen LogP contribution in [0.25, 0.3) is 0 Å². The summed E-state index contributed by atoms with van der Waals surface area (Å²) >= 11 is 0. The van der Waals surface area contributed by atoms with Gasteiger partial charge in [0.1, 0.15) is 0 Å². The third-order valence-corrected chi connectivity index (χ3v) is 5.01. The Morgan fingerprint density at radius 3 is 2.77 bits per heavy atom. The first kappa shape index (κ1) is 18.8. The second-order valence-electron chi connectivity index (χ2n) is 7.11. The van der Waals surface area contributed by atoms with Crippen LogP contribution in [0.3, 0.4) is 0 Å². The number of aromatic nitrogens is 1. The molecule has 3 rings (SSSR count). The van der Waals surface area contributed by atoms with Crippen molar-refractivity contribution in [3.8, 4) is 0 Å². The van der Waals surface area contributed by atoms with Gasteiger partial charge >= 0.3 is 0 Å². The predicted molar refractivity (Wildman–Crippen MR) is 97.3 cm³/mol. The average Bonchev–Trinajstić information content (AvgIpc) is 2.69. The lowest BCUT2D eigenvalue weighted by molar-refractivity contribution is -0.144. The van der Waals surface area contributed by atoms with E-state index in [4.69, 9.17) is 4.74 Å². The van der Waals surface area contributed by atoms with Crippen molar-refractivity contribution < 1.29 is 14.3 Å². The first-order chi connectivity index (χ1) is 12.6. The van der Waals surface area contributed by atoms with E-state index >= 15 is 0 Å². The highest BCUT2D eigenvalue weighted by Gasteiger charge is 2.32. The molecule has 2 fully saturated rings. The maximum Gasteiger partial charge on any atom is 0.236 e. The number of carbonyl (C=O) groups is 2. The van der Waals surface area contributed by atoms with Gasteiger partial charge in [-0.25, -0.2) is 0 Å². The zero-order chi connectivity index (χ0) is 18.4. The molecule has 2 saturated heterocycles. The number of amides is 2. The molecular formula is C19H28N4O3. The Morgan fingerprint density at radius 1 is 1.23 bits per heavy atom. The van der Waals surface area contributed by atoms with Crippen LogP contribution in [-0.4, -0.2) is 84.5 Å². The lowest BCUT2D eigenvalue weighted by atomic mass is 9.96. The SMILES string of the molecule is CN(CC(=O)N1CCC[C@@H](C(=O)N2CCOCC2)C1)Cc1ccccn1. The molecule has 1 aromatic rings. The van der Waals surface area contributed by atoms with Gasteiger partial charge < -0.3 is 14.5 Å². The third kappa shape index (κ3) is 5.02. The van der Waals surface area contributed by atoms with E-state index in [0.717, 1.165) is 25.1 Å². The van der Waals surface area contributed by atoms with Crippen molar-refractivity contribution in [2.45, 2.75) is 19.4 Å². The molecule has 26 heavy (non-hydrogen) atoms. The number of hydrogen-bond acceptors (Lipinski definition) is 5. The lowest BCUT2D eigenvalue weighted by Gasteiger charge is -2.36.